The predicted molar refractivity (Wildman–Crippen MR) is 88.9 cm³/mol. The molecule has 2 heterocycles. The molecule has 6 nitrogen and oxygen atoms in total. The van der Waals surface area contributed by atoms with Gasteiger partial charge in [0, 0.05) is 37.7 Å². The Morgan fingerprint density at radius 2 is 2.22 bits per heavy atom. The molecule has 1 unspecified atom stereocenters. The van der Waals surface area contributed by atoms with Gasteiger partial charge in [0.15, 0.2) is 0 Å². The Labute approximate surface area is 136 Å². The van der Waals surface area contributed by atoms with Crippen LogP contribution in [0.3, 0.4) is 0 Å². The normalized spacial score (nSPS) is 18.5. The molecule has 1 saturated heterocycles. The molecule has 1 amide bonds. The van der Waals surface area contributed by atoms with Crippen LogP contribution < -0.4 is 15.8 Å². The number of methoxy groups -OCH3 is 1. The van der Waals surface area contributed by atoms with Gasteiger partial charge >= 0.3 is 0 Å². The molecule has 23 heavy (non-hydrogen) atoms. The molecule has 0 bridgehead atoms. The lowest BCUT2D eigenvalue weighted by Crippen LogP contribution is -2.40. The van der Waals surface area contributed by atoms with Crippen LogP contribution in [0.1, 0.15) is 28.8 Å². The highest BCUT2D eigenvalue weighted by molar-refractivity contribution is 5.97. The average molecular weight is 319 g/mol. The summed E-state index contributed by atoms with van der Waals surface area (Å²) in [4.78, 5) is 14.9. The largest absolute Gasteiger partial charge is 0.491 e. The third-order valence-electron chi connectivity index (χ3n) is 4.62. The summed E-state index contributed by atoms with van der Waals surface area (Å²) in [5, 5.41) is 2.99. The minimum absolute atomic E-state index is 0.00938. The zero-order valence-electron chi connectivity index (χ0n) is 13.6. The minimum atomic E-state index is -0.0878. The van der Waals surface area contributed by atoms with Gasteiger partial charge < -0.3 is 25.4 Å². The molecule has 2 aliphatic rings. The number of amides is 1. The summed E-state index contributed by atoms with van der Waals surface area (Å²) in [5.74, 6) is 0.577. The standard InChI is InChI=1S/C17H25N3O3/c1-22-12(11-20-7-2-3-8-20)10-19-17(21)14-4-5-15(18)16-13(14)6-9-23-16/h4-5,12H,2-3,6-11,18H2,1H3,(H,19,21). The van der Waals surface area contributed by atoms with Crippen molar-refractivity contribution >= 4 is 11.6 Å². The monoisotopic (exact) mass is 319 g/mol. The molecule has 1 aromatic carbocycles. The number of hydrogen-bond acceptors (Lipinski definition) is 5. The first-order valence-electron chi connectivity index (χ1n) is 8.26. The van der Waals surface area contributed by atoms with Crippen molar-refractivity contribution in [2.45, 2.75) is 25.4 Å². The molecule has 1 aromatic rings. The van der Waals surface area contributed by atoms with E-state index in [1.807, 2.05) is 0 Å². The predicted octanol–water partition coefficient (Wildman–Crippen LogP) is 1.04. The first kappa shape index (κ1) is 16.1. The topological polar surface area (TPSA) is 76.8 Å². The number of nitrogen functional groups attached to an aromatic ring is 1. The average Bonchev–Trinajstić information content (AvgIpc) is 3.23. The Kier molecular flexibility index (Phi) is 5.03. The smallest absolute Gasteiger partial charge is 0.251 e. The number of nitrogens with zero attached hydrogens (tertiary/aromatic N) is 1. The van der Waals surface area contributed by atoms with Gasteiger partial charge in [-0.25, -0.2) is 0 Å². The van der Waals surface area contributed by atoms with E-state index in [2.05, 4.69) is 10.2 Å². The number of carbonyl (C=O) groups excluding carboxylic acids is 1. The Hall–Kier alpha value is -1.79. The summed E-state index contributed by atoms with van der Waals surface area (Å²) in [6.07, 6.45) is 3.24. The highest BCUT2D eigenvalue weighted by Gasteiger charge is 2.23. The quantitative estimate of drug-likeness (QED) is 0.766. The number of anilines is 1. The van der Waals surface area contributed by atoms with E-state index in [0.29, 0.717) is 30.2 Å². The molecule has 0 aliphatic carbocycles. The van der Waals surface area contributed by atoms with Gasteiger partial charge in [0.05, 0.1) is 18.4 Å². The number of benzene rings is 1. The second-order valence-corrected chi connectivity index (χ2v) is 6.18. The first-order chi connectivity index (χ1) is 11.2. The van der Waals surface area contributed by atoms with Gasteiger partial charge in [-0.2, -0.15) is 0 Å². The fourth-order valence-electron chi connectivity index (χ4n) is 3.31. The van der Waals surface area contributed by atoms with E-state index in [1.165, 1.54) is 12.8 Å². The van der Waals surface area contributed by atoms with Crippen LogP contribution in [0.2, 0.25) is 0 Å². The third-order valence-corrected chi connectivity index (χ3v) is 4.62. The van der Waals surface area contributed by atoms with Gasteiger partial charge in [-0.05, 0) is 38.1 Å². The molecular weight excluding hydrogens is 294 g/mol. The fraction of sp³-hybridized carbons (Fsp3) is 0.588. The van der Waals surface area contributed by atoms with Crippen LogP contribution in [0.5, 0.6) is 5.75 Å². The number of rotatable bonds is 6. The van der Waals surface area contributed by atoms with Gasteiger partial charge in [-0.15, -0.1) is 0 Å². The van der Waals surface area contributed by atoms with Gasteiger partial charge in [-0.3, -0.25) is 4.79 Å². The molecule has 0 spiro atoms. The number of fused-ring (bicyclic) bond motifs is 1. The van der Waals surface area contributed by atoms with Crippen LogP contribution in [-0.4, -0.2) is 56.8 Å². The molecule has 2 aliphatic heterocycles. The van der Waals surface area contributed by atoms with Crippen LogP contribution >= 0.6 is 0 Å². The van der Waals surface area contributed by atoms with Gasteiger partial charge in [0.25, 0.3) is 5.91 Å². The summed E-state index contributed by atoms with van der Waals surface area (Å²) in [6, 6.07) is 3.51. The summed E-state index contributed by atoms with van der Waals surface area (Å²) in [5.41, 5.74) is 8.06. The molecule has 126 valence electrons. The lowest BCUT2D eigenvalue weighted by molar-refractivity contribution is 0.0656. The Balaban J connectivity index is 1.59. The van der Waals surface area contributed by atoms with Crippen molar-refractivity contribution in [1.82, 2.24) is 10.2 Å². The van der Waals surface area contributed by atoms with Crippen molar-refractivity contribution in [1.29, 1.82) is 0 Å². The Bertz CT molecular complexity index is 570. The molecule has 1 atom stereocenters. The summed E-state index contributed by atoms with van der Waals surface area (Å²) < 4.78 is 11.0. The van der Waals surface area contributed by atoms with Crippen molar-refractivity contribution < 1.29 is 14.3 Å². The highest BCUT2D eigenvalue weighted by atomic mass is 16.5. The van der Waals surface area contributed by atoms with Crippen LogP contribution in [0.25, 0.3) is 0 Å². The molecule has 0 saturated carbocycles. The van der Waals surface area contributed by atoms with E-state index in [1.54, 1.807) is 19.2 Å². The fourth-order valence-corrected chi connectivity index (χ4v) is 3.31. The number of hydrogen-bond donors (Lipinski definition) is 2. The summed E-state index contributed by atoms with van der Waals surface area (Å²) >= 11 is 0. The minimum Gasteiger partial charge on any atom is -0.491 e. The van der Waals surface area contributed by atoms with E-state index in [4.69, 9.17) is 15.2 Å². The van der Waals surface area contributed by atoms with Gasteiger partial charge in [0.2, 0.25) is 0 Å². The second-order valence-electron chi connectivity index (χ2n) is 6.18. The van der Waals surface area contributed by atoms with E-state index in [0.717, 1.165) is 31.6 Å². The van der Waals surface area contributed by atoms with E-state index in [9.17, 15) is 4.79 Å². The number of ether oxygens (including phenoxy) is 2. The lowest BCUT2D eigenvalue weighted by atomic mass is 10.0. The maximum Gasteiger partial charge on any atom is 0.251 e. The van der Waals surface area contributed by atoms with E-state index < -0.39 is 0 Å². The lowest BCUT2D eigenvalue weighted by Gasteiger charge is -2.22. The number of carbonyl (C=O) groups is 1. The Morgan fingerprint density at radius 1 is 1.43 bits per heavy atom. The van der Waals surface area contributed by atoms with Gasteiger partial charge in [-0.1, -0.05) is 0 Å². The molecule has 3 rings (SSSR count). The van der Waals surface area contributed by atoms with E-state index in [-0.39, 0.29) is 12.0 Å². The van der Waals surface area contributed by atoms with Gasteiger partial charge in [0.1, 0.15) is 5.75 Å². The van der Waals surface area contributed by atoms with Crippen molar-refractivity contribution in [3.05, 3.63) is 23.3 Å². The van der Waals surface area contributed by atoms with Crippen LogP contribution in [-0.2, 0) is 11.2 Å². The molecule has 0 radical (unpaired) electrons. The number of nitrogens with one attached hydrogen (secondary N) is 1. The van der Waals surface area contributed by atoms with Crippen molar-refractivity contribution in [2.24, 2.45) is 0 Å². The molecule has 0 aromatic heterocycles. The number of nitrogens with two attached hydrogens (primary N) is 1. The molecule has 6 heteroatoms. The second kappa shape index (κ2) is 7.19. The summed E-state index contributed by atoms with van der Waals surface area (Å²) in [7, 11) is 1.70. The Morgan fingerprint density at radius 3 is 2.96 bits per heavy atom. The number of likely N-dealkylation sites (tertiary alicyclic amines) is 1. The molecule has 1 fully saturated rings. The summed E-state index contributed by atoms with van der Waals surface area (Å²) in [6.45, 7) is 4.19. The van der Waals surface area contributed by atoms with Crippen molar-refractivity contribution in [2.75, 3.05) is 45.6 Å². The molecular formula is C17H25N3O3. The highest BCUT2D eigenvalue weighted by Crippen LogP contribution is 2.34. The maximum absolute atomic E-state index is 12.5. The zero-order chi connectivity index (χ0) is 16.2. The van der Waals surface area contributed by atoms with Crippen molar-refractivity contribution in [3.63, 3.8) is 0 Å². The molecule has 3 N–H and O–H groups in total. The van der Waals surface area contributed by atoms with Crippen LogP contribution in [0, 0.1) is 0 Å². The van der Waals surface area contributed by atoms with E-state index >= 15 is 0 Å². The third kappa shape index (κ3) is 3.59. The van der Waals surface area contributed by atoms with Crippen LogP contribution in [0.4, 0.5) is 5.69 Å². The van der Waals surface area contributed by atoms with Crippen molar-refractivity contribution in [3.8, 4) is 5.75 Å². The zero-order valence-corrected chi connectivity index (χ0v) is 13.6. The maximum atomic E-state index is 12.5. The van der Waals surface area contributed by atoms with Crippen LogP contribution in [0.15, 0.2) is 12.1 Å². The SMILES string of the molecule is COC(CNC(=O)c1ccc(N)c2c1CCO2)CN1CCCC1. The first-order valence-corrected chi connectivity index (χ1v) is 8.26.